The van der Waals surface area contributed by atoms with Crippen molar-refractivity contribution in [1.29, 1.82) is 0 Å². The average Bonchev–Trinajstić information content (AvgIpc) is 2.61. The molecule has 0 aromatic carbocycles. The molecule has 1 aromatic heterocycles. The molecule has 1 amide bonds. The number of carbonyl (C=O) groups excluding carboxylic acids is 1. The Balaban J connectivity index is 2.57. The predicted octanol–water partition coefficient (Wildman–Crippen LogP) is 2.38. The monoisotopic (exact) mass is 244 g/mol. The second kappa shape index (κ2) is 5.01. The SMILES string of the molecule is CC(C)(C)SCc1ccc(C(=O)NN)s1. The maximum absolute atomic E-state index is 11.2. The number of hydrogen-bond donors (Lipinski definition) is 2. The maximum Gasteiger partial charge on any atom is 0.275 e. The number of thiophene rings is 1. The van der Waals surface area contributed by atoms with Crippen molar-refractivity contribution in [3.8, 4) is 0 Å². The van der Waals surface area contributed by atoms with E-state index in [9.17, 15) is 4.79 Å². The minimum absolute atomic E-state index is 0.216. The van der Waals surface area contributed by atoms with Crippen molar-refractivity contribution < 1.29 is 4.79 Å². The summed E-state index contributed by atoms with van der Waals surface area (Å²) in [5, 5.41) is 0. The Labute approximate surface area is 98.4 Å². The molecule has 0 aliphatic carbocycles. The van der Waals surface area contributed by atoms with Crippen LogP contribution >= 0.6 is 23.1 Å². The summed E-state index contributed by atoms with van der Waals surface area (Å²) in [7, 11) is 0. The molecule has 5 heteroatoms. The average molecular weight is 244 g/mol. The van der Waals surface area contributed by atoms with Gasteiger partial charge in [-0.15, -0.1) is 11.3 Å². The molecule has 0 fully saturated rings. The number of hydrazine groups is 1. The molecule has 0 radical (unpaired) electrons. The van der Waals surface area contributed by atoms with Crippen molar-refractivity contribution in [2.24, 2.45) is 5.84 Å². The van der Waals surface area contributed by atoms with Gasteiger partial charge in [0, 0.05) is 15.4 Å². The zero-order chi connectivity index (χ0) is 11.5. The van der Waals surface area contributed by atoms with Gasteiger partial charge in [-0.1, -0.05) is 20.8 Å². The highest BCUT2D eigenvalue weighted by Crippen LogP contribution is 2.29. The number of nitrogens with two attached hydrogens (primary N) is 1. The van der Waals surface area contributed by atoms with Crippen LogP contribution in [0.25, 0.3) is 0 Å². The molecule has 0 saturated heterocycles. The molecule has 0 saturated carbocycles. The summed E-state index contributed by atoms with van der Waals surface area (Å²) in [5.74, 6) is 5.78. The minimum Gasteiger partial charge on any atom is -0.289 e. The first-order valence-electron chi connectivity index (χ1n) is 4.66. The summed E-state index contributed by atoms with van der Waals surface area (Å²) in [4.78, 5) is 13.1. The number of amides is 1. The van der Waals surface area contributed by atoms with Crippen molar-refractivity contribution in [2.45, 2.75) is 31.3 Å². The lowest BCUT2D eigenvalue weighted by molar-refractivity contribution is 0.0957. The number of rotatable bonds is 3. The fourth-order valence-corrected chi connectivity index (χ4v) is 2.73. The summed E-state index contributed by atoms with van der Waals surface area (Å²) in [5.41, 5.74) is 2.13. The molecule has 84 valence electrons. The third kappa shape index (κ3) is 4.24. The van der Waals surface area contributed by atoms with Crippen LogP contribution in [0, 0.1) is 0 Å². The molecule has 0 spiro atoms. The number of nitrogen functional groups attached to an aromatic ring is 1. The molecule has 0 unspecified atom stereocenters. The van der Waals surface area contributed by atoms with E-state index in [0.29, 0.717) is 4.88 Å². The van der Waals surface area contributed by atoms with E-state index in [-0.39, 0.29) is 10.7 Å². The van der Waals surface area contributed by atoms with Gasteiger partial charge in [-0.3, -0.25) is 10.2 Å². The van der Waals surface area contributed by atoms with Crippen LogP contribution < -0.4 is 11.3 Å². The highest BCUT2D eigenvalue weighted by Gasteiger charge is 2.12. The molecule has 0 aliphatic rings. The van der Waals surface area contributed by atoms with Crippen LogP contribution in [-0.2, 0) is 5.75 Å². The second-order valence-corrected chi connectivity index (χ2v) is 7.11. The van der Waals surface area contributed by atoms with Gasteiger partial charge < -0.3 is 0 Å². The van der Waals surface area contributed by atoms with Crippen molar-refractivity contribution in [3.63, 3.8) is 0 Å². The van der Waals surface area contributed by atoms with Gasteiger partial charge in [0.2, 0.25) is 0 Å². The lowest BCUT2D eigenvalue weighted by Crippen LogP contribution is -2.29. The molecule has 1 aromatic rings. The van der Waals surface area contributed by atoms with Gasteiger partial charge in [-0.2, -0.15) is 11.8 Å². The van der Waals surface area contributed by atoms with E-state index in [1.807, 2.05) is 23.9 Å². The highest BCUT2D eigenvalue weighted by molar-refractivity contribution is 7.99. The van der Waals surface area contributed by atoms with Crippen molar-refractivity contribution >= 4 is 29.0 Å². The van der Waals surface area contributed by atoms with Gasteiger partial charge >= 0.3 is 0 Å². The lowest BCUT2D eigenvalue weighted by atomic mass is 10.3. The Kier molecular flexibility index (Phi) is 4.19. The smallest absolute Gasteiger partial charge is 0.275 e. The normalized spacial score (nSPS) is 11.5. The van der Waals surface area contributed by atoms with Crippen LogP contribution in [0.1, 0.15) is 35.3 Å². The summed E-state index contributed by atoms with van der Waals surface area (Å²) in [6.45, 7) is 6.54. The van der Waals surface area contributed by atoms with Crippen molar-refractivity contribution in [2.75, 3.05) is 0 Å². The first-order valence-corrected chi connectivity index (χ1v) is 6.46. The van der Waals surface area contributed by atoms with E-state index >= 15 is 0 Å². The van der Waals surface area contributed by atoms with E-state index in [2.05, 4.69) is 26.2 Å². The summed E-state index contributed by atoms with van der Waals surface area (Å²) in [6.07, 6.45) is 0. The zero-order valence-electron chi connectivity index (χ0n) is 9.16. The standard InChI is InChI=1S/C10H16N2OS2/c1-10(2,3)14-6-7-4-5-8(15-7)9(13)12-11/h4-5H,6,11H2,1-3H3,(H,12,13). The van der Waals surface area contributed by atoms with Crippen LogP contribution in [0.3, 0.4) is 0 Å². The van der Waals surface area contributed by atoms with Crippen molar-refractivity contribution in [3.05, 3.63) is 21.9 Å². The molecule has 3 nitrogen and oxygen atoms in total. The molecule has 0 bridgehead atoms. The Hall–Kier alpha value is -0.520. The Morgan fingerprint density at radius 1 is 1.53 bits per heavy atom. The van der Waals surface area contributed by atoms with Gasteiger partial charge in [0.1, 0.15) is 0 Å². The third-order valence-corrected chi connectivity index (χ3v) is 4.25. The molecular weight excluding hydrogens is 228 g/mol. The van der Waals surface area contributed by atoms with E-state index in [0.717, 1.165) is 5.75 Å². The van der Waals surface area contributed by atoms with E-state index in [4.69, 9.17) is 5.84 Å². The molecular formula is C10H16N2OS2. The summed E-state index contributed by atoms with van der Waals surface area (Å²) >= 11 is 3.36. The van der Waals surface area contributed by atoms with E-state index < -0.39 is 0 Å². The predicted molar refractivity (Wildman–Crippen MR) is 67.0 cm³/mol. The van der Waals surface area contributed by atoms with Crippen molar-refractivity contribution in [1.82, 2.24) is 5.43 Å². The number of nitrogens with one attached hydrogen (secondary N) is 1. The van der Waals surface area contributed by atoms with Gasteiger partial charge in [0.15, 0.2) is 0 Å². The van der Waals surface area contributed by atoms with Gasteiger partial charge in [0.05, 0.1) is 4.88 Å². The highest BCUT2D eigenvalue weighted by atomic mass is 32.2. The molecule has 3 N–H and O–H groups in total. The molecule has 1 rings (SSSR count). The fourth-order valence-electron chi connectivity index (χ4n) is 0.936. The summed E-state index contributed by atoms with van der Waals surface area (Å²) < 4.78 is 0.250. The van der Waals surface area contributed by atoms with Crippen LogP contribution in [0.2, 0.25) is 0 Å². The fraction of sp³-hybridized carbons (Fsp3) is 0.500. The Morgan fingerprint density at radius 3 is 2.73 bits per heavy atom. The maximum atomic E-state index is 11.2. The van der Waals surface area contributed by atoms with E-state index in [1.54, 1.807) is 0 Å². The van der Waals surface area contributed by atoms with Crippen LogP contribution in [0.5, 0.6) is 0 Å². The molecule has 0 atom stereocenters. The van der Waals surface area contributed by atoms with Crippen LogP contribution in [-0.4, -0.2) is 10.7 Å². The largest absolute Gasteiger partial charge is 0.289 e. The minimum atomic E-state index is -0.216. The quantitative estimate of drug-likeness (QED) is 0.487. The first kappa shape index (κ1) is 12.5. The van der Waals surface area contributed by atoms with Gasteiger partial charge in [-0.05, 0) is 12.1 Å². The number of hydrogen-bond acceptors (Lipinski definition) is 4. The third-order valence-electron chi connectivity index (χ3n) is 1.66. The molecule has 1 heterocycles. The Bertz CT molecular complexity index is 341. The molecule has 0 aliphatic heterocycles. The van der Waals surface area contributed by atoms with Gasteiger partial charge in [-0.25, -0.2) is 5.84 Å². The lowest BCUT2D eigenvalue weighted by Gasteiger charge is -2.16. The zero-order valence-corrected chi connectivity index (χ0v) is 10.8. The number of thioether (sulfide) groups is 1. The van der Waals surface area contributed by atoms with E-state index in [1.165, 1.54) is 16.2 Å². The molecule has 15 heavy (non-hydrogen) atoms. The first-order chi connectivity index (χ1) is 6.92. The Morgan fingerprint density at radius 2 is 2.20 bits per heavy atom. The van der Waals surface area contributed by atoms with Gasteiger partial charge in [0.25, 0.3) is 5.91 Å². The summed E-state index contributed by atoms with van der Waals surface area (Å²) in [6, 6.07) is 3.79. The second-order valence-electron chi connectivity index (χ2n) is 4.14. The van der Waals surface area contributed by atoms with Crippen LogP contribution in [0.15, 0.2) is 12.1 Å². The number of carbonyl (C=O) groups is 1. The topological polar surface area (TPSA) is 55.1 Å². The van der Waals surface area contributed by atoms with Crippen LogP contribution in [0.4, 0.5) is 0 Å².